The van der Waals surface area contributed by atoms with Crippen LogP contribution < -0.4 is 0 Å². The van der Waals surface area contributed by atoms with Gasteiger partial charge in [0.2, 0.25) is 0 Å². The summed E-state index contributed by atoms with van der Waals surface area (Å²) < 4.78 is 0. The molecule has 90 valence electrons. The fraction of sp³-hybridized carbons (Fsp3) is 0.583. The third-order valence-electron chi connectivity index (χ3n) is 2.72. The maximum atomic E-state index is 5.86. The predicted molar refractivity (Wildman–Crippen MR) is 73.2 cm³/mol. The van der Waals surface area contributed by atoms with Crippen LogP contribution in [0.2, 0.25) is 5.15 Å². The summed E-state index contributed by atoms with van der Waals surface area (Å²) in [6.45, 7) is 3.19. The van der Waals surface area contributed by atoms with Crippen LogP contribution in [0.3, 0.4) is 0 Å². The van der Waals surface area contributed by atoms with Crippen molar-refractivity contribution in [1.29, 1.82) is 0 Å². The summed E-state index contributed by atoms with van der Waals surface area (Å²) in [7, 11) is 2.15. The Labute approximate surface area is 107 Å². The summed E-state index contributed by atoms with van der Waals surface area (Å²) in [4.78, 5) is 6.33. The second-order valence-electron chi connectivity index (χ2n) is 4.03. The Bertz CT molecular complexity index is 320. The van der Waals surface area contributed by atoms with Crippen molar-refractivity contribution < 1.29 is 0 Å². The molecule has 0 N–H and O–H groups in total. The van der Waals surface area contributed by atoms with Gasteiger partial charge in [-0.1, -0.05) is 11.6 Å². The molecule has 0 aliphatic heterocycles. The van der Waals surface area contributed by atoms with E-state index < -0.39 is 0 Å². The van der Waals surface area contributed by atoms with Crippen molar-refractivity contribution >= 4 is 23.4 Å². The second-order valence-corrected chi connectivity index (χ2v) is 5.41. The van der Waals surface area contributed by atoms with Crippen LogP contribution in [-0.4, -0.2) is 35.0 Å². The Morgan fingerprint density at radius 1 is 1.56 bits per heavy atom. The van der Waals surface area contributed by atoms with Crippen molar-refractivity contribution in [3.8, 4) is 0 Å². The first-order chi connectivity index (χ1) is 7.63. The lowest BCUT2D eigenvalue weighted by Crippen LogP contribution is -2.29. The minimum Gasteiger partial charge on any atom is -0.299 e. The number of thioether (sulfide) groups is 1. The number of halogens is 1. The fourth-order valence-corrected chi connectivity index (χ4v) is 2.27. The SMILES string of the molecule is CSCCC(C)N(C)Cc1ccnc(Cl)c1. The van der Waals surface area contributed by atoms with Crippen LogP contribution in [0.15, 0.2) is 18.3 Å². The van der Waals surface area contributed by atoms with Gasteiger partial charge in [0.15, 0.2) is 0 Å². The number of nitrogens with zero attached hydrogens (tertiary/aromatic N) is 2. The van der Waals surface area contributed by atoms with Crippen LogP contribution in [0.4, 0.5) is 0 Å². The molecule has 1 rings (SSSR count). The summed E-state index contributed by atoms with van der Waals surface area (Å²) in [5.74, 6) is 1.21. The summed E-state index contributed by atoms with van der Waals surface area (Å²) in [5.41, 5.74) is 1.22. The first-order valence-electron chi connectivity index (χ1n) is 5.43. The van der Waals surface area contributed by atoms with E-state index in [9.17, 15) is 0 Å². The normalized spacial score (nSPS) is 13.1. The molecule has 0 saturated heterocycles. The smallest absolute Gasteiger partial charge is 0.129 e. The largest absolute Gasteiger partial charge is 0.299 e. The number of pyridine rings is 1. The molecule has 1 aromatic rings. The maximum Gasteiger partial charge on any atom is 0.129 e. The average molecular weight is 259 g/mol. The molecule has 0 aliphatic carbocycles. The highest BCUT2D eigenvalue weighted by Gasteiger charge is 2.09. The Kier molecular flexibility index (Phi) is 6.17. The maximum absolute atomic E-state index is 5.86. The molecule has 0 bridgehead atoms. The third kappa shape index (κ3) is 4.73. The molecule has 1 unspecified atom stereocenters. The Hall–Kier alpha value is -0.250. The second kappa shape index (κ2) is 7.15. The summed E-state index contributed by atoms with van der Waals surface area (Å²) in [6.07, 6.45) is 5.13. The zero-order valence-electron chi connectivity index (χ0n) is 10.1. The molecule has 0 saturated carbocycles. The van der Waals surface area contributed by atoms with E-state index >= 15 is 0 Å². The van der Waals surface area contributed by atoms with Crippen LogP contribution in [0.5, 0.6) is 0 Å². The highest BCUT2D eigenvalue weighted by Crippen LogP contribution is 2.12. The van der Waals surface area contributed by atoms with E-state index in [0.29, 0.717) is 11.2 Å². The quantitative estimate of drug-likeness (QED) is 0.729. The average Bonchev–Trinajstić information content (AvgIpc) is 2.25. The van der Waals surface area contributed by atoms with Gasteiger partial charge in [0.25, 0.3) is 0 Å². The van der Waals surface area contributed by atoms with Crippen LogP contribution in [0, 0.1) is 0 Å². The molecule has 2 nitrogen and oxygen atoms in total. The Balaban J connectivity index is 2.47. The molecule has 0 spiro atoms. The lowest BCUT2D eigenvalue weighted by molar-refractivity contribution is 0.245. The van der Waals surface area contributed by atoms with Gasteiger partial charge in [-0.3, -0.25) is 4.90 Å². The zero-order chi connectivity index (χ0) is 12.0. The molecule has 1 heterocycles. The third-order valence-corrected chi connectivity index (χ3v) is 3.57. The van der Waals surface area contributed by atoms with Gasteiger partial charge in [-0.15, -0.1) is 0 Å². The van der Waals surface area contributed by atoms with Crippen LogP contribution in [0.25, 0.3) is 0 Å². The van der Waals surface area contributed by atoms with Crippen molar-refractivity contribution in [2.75, 3.05) is 19.1 Å². The van der Waals surface area contributed by atoms with Crippen molar-refractivity contribution in [3.05, 3.63) is 29.0 Å². The topological polar surface area (TPSA) is 16.1 Å². The molecule has 1 aromatic heterocycles. The van der Waals surface area contributed by atoms with Crippen LogP contribution >= 0.6 is 23.4 Å². The van der Waals surface area contributed by atoms with Gasteiger partial charge >= 0.3 is 0 Å². The number of hydrogen-bond acceptors (Lipinski definition) is 3. The molecule has 0 aliphatic rings. The molecule has 0 radical (unpaired) electrons. The summed E-state index contributed by atoms with van der Waals surface area (Å²) in [5, 5.41) is 0.572. The number of hydrogen-bond donors (Lipinski definition) is 0. The molecular formula is C12H19ClN2S. The van der Waals surface area contributed by atoms with Gasteiger partial charge in [-0.05, 0) is 50.1 Å². The molecule has 0 aromatic carbocycles. The lowest BCUT2D eigenvalue weighted by Gasteiger charge is -2.24. The van der Waals surface area contributed by atoms with Crippen molar-refractivity contribution in [3.63, 3.8) is 0 Å². The van der Waals surface area contributed by atoms with Gasteiger partial charge in [0, 0.05) is 18.8 Å². The van der Waals surface area contributed by atoms with Crippen LogP contribution in [0.1, 0.15) is 18.9 Å². The van der Waals surface area contributed by atoms with E-state index in [1.807, 2.05) is 23.9 Å². The first-order valence-corrected chi connectivity index (χ1v) is 7.20. The highest BCUT2D eigenvalue weighted by atomic mass is 35.5. The van der Waals surface area contributed by atoms with E-state index in [0.717, 1.165) is 6.54 Å². The summed E-state index contributed by atoms with van der Waals surface area (Å²) >= 11 is 7.76. The first kappa shape index (κ1) is 13.8. The van der Waals surface area contributed by atoms with E-state index in [1.54, 1.807) is 6.20 Å². The minimum absolute atomic E-state index is 0.572. The van der Waals surface area contributed by atoms with E-state index in [4.69, 9.17) is 11.6 Å². The van der Waals surface area contributed by atoms with Crippen LogP contribution in [-0.2, 0) is 6.54 Å². The fourth-order valence-electron chi connectivity index (χ4n) is 1.49. The molecule has 16 heavy (non-hydrogen) atoms. The van der Waals surface area contributed by atoms with Crippen molar-refractivity contribution in [2.45, 2.75) is 25.9 Å². The highest BCUT2D eigenvalue weighted by molar-refractivity contribution is 7.98. The van der Waals surface area contributed by atoms with E-state index in [1.165, 1.54) is 17.7 Å². The number of aromatic nitrogens is 1. The van der Waals surface area contributed by atoms with E-state index in [2.05, 4.69) is 30.1 Å². The molecule has 1 atom stereocenters. The lowest BCUT2D eigenvalue weighted by atomic mass is 10.2. The van der Waals surface area contributed by atoms with E-state index in [-0.39, 0.29) is 0 Å². The van der Waals surface area contributed by atoms with Crippen molar-refractivity contribution in [2.24, 2.45) is 0 Å². The van der Waals surface area contributed by atoms with Gasteiger partial charge < -0.3 is 0 Å². The monoisotopic (exact) mass is 258 g/mol. The standard InChI is InChI=1S/C12H19ClN2S/c1-10(5-7-16-3)15(2)9-11-4-6-14-12(13)8-11/h4,6,8,10H,5,7,9H2,1-3H3. The molecule has 0 fully saturated rings. The minimum atomic E-state index is 0.572. The molecule has 0 amide bonds. The van der Waals surface area contributed by atoms with Gasteiger partial charge in [0.1, 0.15) is 5.15 Å². The van der Waals surface area contributed by atoms with Gasteiger partial charge in [0.05, 0.1) is 0 Å². The van der Waals surface area contributed by atoms with Gasteiger partial charge in [-0.2, -0.15) is 11.8 Å². The molecular weight excluding hydrogens is 240 g/mol. The zero-order valence-corrected chi connectivity index (χ0v) is 11.7. The Morgan fingerprint density at radius 2 is 2.31 bits per heavy atom. The summed E-state index contributed by atoms with van der Waals surface area (Å²) in [6, 6.07) is 4.54. The van der Waals surface area contributed by atoms with Gasteiger partial charge in [-0.25, -0.2) is 4.98 Å². The Morgan fingerprint density at radius 3 is 2.94 bits per heavy atom. The molecule has 4 heteroatoms. The van der Waals surface area contributed by atoms with Crippen molar-refractivity contribution in [1.82, 2.24) is 9.88 Å². The predicted octanol–water partition coefficient (Wildman–Crippen LogP) is 3.31. The number of rotatable bonds is 6.